The van der Waals surface area contributed by atoms with Gasteiger partial charge in [0.25, 0.3) is 6.04 Å². The van der Waals surface area contributed by atoms with Gasteiger partial charge in [-0.15, -0.1) is 0 Å². The summed E-state index contributed by atoms with van der Waals surface area (Å²) in [6, 6.07) is 13.1. The largest absolute Gasteiger partial charge is 0.466 e. The molecule has 0 bridgehead atoms. The third-order valence-electron chi connectivity index (χ3n) is 5.01. The lowest BCUT2D eigenvalue weighted by Crippen LogP contribution is -2.32. The molecule has 1 aliphatic rings. The van der Waals surface area contributed by atoms with Crippen LogP contribution in [0, 0.1) is 12.4 Å². The van der Waals surface area contributed by atoms with Gasteiger partial charge in [0, 0.05) is 5.02 Å². The lowest BCUT2D eigenvalue weighted by Gasteiger charge is -2.27. The minimum Gasteiger partial charge on any atom is -0.466 e. The van der Waals surface area contributed by atoms with Crippen LogP contribution in [-0.4, -0.2) is 24.8 Å². The second kappa shape index (κ2) is 9.02. The van der Waals surface area contributed by atoms with Crippen LogP contribution in [0.5, 0.6) is 0 Å². The number of hydrogen-bond acceptors (Lipinski definition) is 3. The van der Waals surface area contributed by atoms with E-state index in [1.807, 2.05) is 30.3 Å². The first-order valence-electron chi connectivity index (χ1n) is 9.18. The number of ether oxygens (including phenoxy) is 1. The van der Waals surface area contributed by atoms with Crippen molar-refractivity contribution in [3.05, 3.63) is 93.2 Å². The number of methoxy groups -OCH3 is 1. The van der Waals surface area contributed by atoms with Gasteiger partial charge in [0.05, 0.1) is 24.1 Å². The molecule has 6 heteroatoms. The maximum absolute atomic E-state index is 13.6. The number of benzene rings is 2. The molecule has 29 heavy (non-hydrogen) atoms. The van der Waals surface area contributed by atoms with Crippen LogP contribution in [0.1, 0.15) is 30.4 Å². The van der Waals surface area contributed by atoms with Crippen molar-refractivity contribution in [2.75, 3.05) is 7.11 Å². The Balaban J connectivity index is 2.11. The van der Waals surface area contributed by atoms with Gasteiger partial charge in [0.15, 0.2) is 0 Å². The molecule has 2 atom stereocenters. The molecule has 4 nitrogen and oxygen atoms in total. The summed E-state index contributed by atoms with van der Waals surface area (Å²) in [5.74, 6) is -1.70. The van der Waals surface area contributed by atoms with Crippen molar-refractivity contribution >= 4 is 23.3 Å². The number of esters is 1. The van der Waals surface area contributed by atoms with E-state index in [1.165, 1.54) is 25.3 Å². The maximum atomic E-state index is 13.6. The topological polar surface area (TPSA) is 43.0 Å². The van der Waals surface area contributed by atoms with Gasteiger partial charge < -0.3 is 9.58 Å². The summed E-state index contributed by atoms with van der Waals surface area (Å²) in [4.78, 5) is 21.0. The number of hydrogen-bond donors (Lipinski definition) is 0. The first-order chi connectivity index (χ1) is 14.0. The highest BCUT2D eigenvalue weighted by Gasteiger charge is 2.43. The number of rotatable bonds is 5. The Morgan fingerprint density at radius 3 is 2.59 bits per heavy atom. The number of carbonyl (C=O) groups is 1. The van der Waals surface area contributed by atoms with E-state index >= 15 is 0 Å². The van der Waals surface area contributed by atoms with Crippen molar-refractivity contribution in [2.45, 2.75) is 31.7 Å². The van der Waals surface area contributed by atoms with Crippen LogP contribution in [0.25, 0.3) is 4.85 Å². The van der Waals surface area contributed by atoms with Gasteiger partial charge in [0.1, 0.15) is 11.7 Å². The van der Waals surface area contributed by atoms with Crippen molar-refractivity contribution in [1.29, 1.82) is 0 Å². The van der Waals surface area contributed by atoms with E-state index in [1.54, 1.807) is 6.92 Å². The van der Waals surface area contributed by atoms with Crippen molar-refractivity contribution in [3.63, 3.8) is 0 Å². The Kier molecular flexibility index (Phi) is 6.46. The average Bonchev–Trinajstić information content (AvgIpc) is 2.72. The predicted octanol–water partition coefficient (Wildman–Crippen LogP) is 5.38. The second-order valence-electron chi connectivity index (χ2n) is 6.81. The Morgan fingerprint density at radius 2 is 1.97 bits per heavy atom. The molecular weight excluding hydrogens is 391 g/mol. The lowest BCUT2D eigenvalue weighted by atomic mass is 9.79. The summed E-state index contributed by atoms with van der Waals surface area (Å²) in [5, 5.41) is 0.169. The molecule has 0 aromatic heterocycles. The third kappa shape index (κ3) is 4.38. The van der Waals surface area contributed by atoms with Gasteiger partial charge in [-0.2, -0.15) is 0 Å². The highest BCUT2D eigenvalue weighted by atomic mass is 35.5. The monoisotopic (exact) mass is 410 g/mol. The zero-order valence-electron chi connectivity index (χ0n) is 16.2. The fraction of sp³-hybridized carbons (Fsp3) is 0.261. The molecule has 0 aliphatic carbocycles. The molecule has 0 saturated heterocycles. The van der Waals surface area contributed by atoms with Crippen LogP contribution in [0.2, 0.25) is 5.02 Å². The number of allylic oxidation sites excluding steroid dienone is 1. The number of aryl methyl sites for hydroxylation is 1. The van der Waals surface area contributed by atoms with Crippen molar-refractivity contribution in [2.24, 2.45) is 4.99 Å². The molecule has 0 radical (unpaired) electrons. The minimum atomic E-state index is -0.715. The molecule has 0 N–H and O–H groups in total. The molecule has 1 aliphatic heterocycles. The minimum absolute atomic E-state index is 0.169. The summed E-state index contributed by atoms with van der Waals surface area (Å²) < 4.78 is 18.6. The summed E-state index contributed by atoms with van der Waals surface area (Å²) in [6.07, 6.45) is 1.19. The molecular formula is C23H20ClFN2O2. The van der Waals surface area contributed by atoms with Gasteiger partial charge in [0.2, 0.25) is 0 Å². The van der Waals surface area contributed by atoms with Gasteiger partial charge >= 0.3 is 5.97 Å². The van der Waals surface area contributed by atoms with Gasteiger partial charge in [-0.25, -0.2) is 15.8 Å². The van der Waals surface area contributed by atoms with Crippen molar-refractivity contribution in [1.82, 2.24) is 0 Å². The Labute approximate surface area is 174 Å². The fourth-order valence-corrected chi connectivity index (χ4v) is 3.90. The SMILES string of the molecule is [C-]#[N+]C1C(C)=NC(CCc2ccccc2)=C(C(=O)OC)C1c1ccc(F)cc1Cl. The van der Waals surface area contributed by atoms with Crippen LogP contribution in [-0.2, 0) is 16.0 Å². The summed E-state index contributed by atoms with van der Waals surface area (Å²) >= 11 is 6.31. The Hall–Kier alpha value is -2.97. The Bertz CT molecular complexity index is 1020. The predicted molar refractivity (Wildman–Crippen MR) is 111 cm³/mol. The van der Waals surface area contributed by atoms with Crippen LogP contribution >= 0.6 is 11.6 Å². The van der Waals surface area contributed by atoms with Gasteiger partial charge in [-0.05, 0) is 43.0 Å². The van der Waals surface area contributed by atoms with E-state index in [9.17, 15) is 9.18 Å². The molecule has 0 saturated carbocycles. The summed E-state index contributed by atoms with van der Waals surface area (Å²) in [7, 11) is 1.30. The molecule has 2 unspecified atom stereocenters. The molecule has 3 rings (SSSR count). The molecule has 1 heterocycles. The van der Waals surface area contributed by atoms with Gasteiger partial charge in [-0.1, -0.05) is 48.0 Å². The average molecular weight is 411 g/mol. The van der Waals surface area contributed by atoms with Crippen molar-refractivity contribution < 1.29 is 13.9 Å². The summed E-state index contributed by atoms with van der Waals surface area (Å²) in [5.41, 5.74) is 3.11. The van der Waals surface area contributed by atoms with E-state index in [4.69, 9.17) is 22.9 Å². The highest BCUT2D eigenvalue weighted by Crippen LogP contribution is 2.41. The van der Waals surface area contributed by atoms with E-state index < -0.39 is 23.7 Å². The normalized spacial score (nSPS) is 18.8. The third-order valence-corrected chi connectivity index (χ3v) is 5.34. The molecule has 0 amide bonds. The molecule has 0 spiro atoms. The standard InChI is InChI=1S/C23H20ClFN2O2/c1-14-22(26-2)20(17-11-10-16(25)13-18(17)24)21(23(28)29-3)19(27-14)12-9-15-7-5-4-6-8-15/h4-8,10-11,13,20,22H,9,12H2,1,3H3. The van der Waals surface area contributed by atoms with E-state index in [2.05, 4.69) is 9.84 Å². The van der Waals surface area contributed by atoms with Crippen LogP contribution in [0.15, 0.2) is 64.8 Å². The zero-order chi connectivity index (χ0) is 21.0. The van der Waals surface area contributed by atoms with Gasteiger partial charge in [-0.3, -0.25) is 4.99 Å². The molecule has 0 fully saturated rings. The molecule has 148 valence electrons. The first kappa shape index (κ1) is 20.8. The molecule has 2 aromatic rings. The second-order valence-corrected chi connectivity index (χ2v) is 7.22. The van der Waals surface area contributed by atoms with E-state index in [-0.39, 0.29) is 5.02 Å². The van der Waals surface area contributed by atoms with E-state index in [0.717, 1.165) is 5.56 Å². The molecule has 2 aromatic carbocycles. The van der Waals surface area contributed by atoms with Crippen LogP contribution in [0.4, 0.5) is 4.39 Å². The zero-order valence-corrected chi connectivity index (χ0v) is 16.9. The fourth-order valence-electron chi connectivity index (χ4n) is 3.62. The Morgan fingerprint density at radius 1 is 1.24 bits per heavy atom. The quantitative estimate of drug-likeness (QED) is 0.490. The number of nitrogens with zero attached hydrogens (tertiary/aromatic N) is 2. The number of carbonyl (C=O) groups excluding carboxylic acids is 1. The summed E-state index contributed by atoms with van der Waals surface area (Å²) in [6.45, 7) is 9.43. The van der Waals surface area contributed by atoms with Crippen LogP contribution < -0.4 is 0 Å². The highest BCUT2D eigenvalue weighted by molar-refractivity contribution is 6.31. The maximum Gasteiger partial charge on any atom is 0.336 e. The first-order valence-corrected chi connectivity index (χ1v) is 9.56. The van der Waals surface area contributed by atoms with Crippen molar-refractivity contribution in [3.8, 4) is 0 Å². The number of aliphatic imine (C=N–C) groups is 1. The number of halogens is 2. The van der Waals surface area contributed by atoms with Crippen LogP contribution in [0.3, 0.4) is 0 Å². The van der Waals surface area contributed by atoms with E-state index in [0.29, 0.717) is 35.4 Å². The lowest BCUT2D eigenvalue weighted by molar-refractivity contribution is -0.136. The smallest absolute Gasteiger partial charge is 0.336 e.